The lowest BCUT2D eigenvalue weighted by Gasteiger charge is -1.98. The van der Waals surface area contributed by atoms with Gasteiger partial charge in [-0.15, -0.1) is 0 Å². The number of hydrogen-bond acceptors (Lipinski definition) is 3. The van der Waals surface area contributed by atoms with Crippen LogP contribution in [0.2, 0.25) is 0 Å². The highest BCUT2D eigenvalue weighted by molar-refractivity contribution is 5.77. The van der Waals surface area contributed by atoms with Gasteiger partial charge in [0.25, 0.3) is 0 Å². The third kappa shape index (κ3) is 1.93. The number of pyridine rings is 1. The van der Waals surface area contributed by atoms with Crippen LogP contribution < -0.4 is 5.73 Å². The molecule has 0 saturated heterocycles. The third-order valence-corrected chi connectivity index (χ3v) is 1.25. The minimum Gasteiger partial charge on any atom is -0.506 e. The van der Waals surface area contributed by atoms with Gasteiger partial charge in [0, 0.05) is 11.8 Å². The number of amides is 1. The van der Waals surface area contributed by atoms with Crippen molar-refractivity contribution in [1.29, 1.82) is 0 Å². The number of aromatic nitrogens is 1. The van der Waals surface area contributed by atoms with E-state index in [9.17, 15) is 4.79 Å². The van der Waals surface area contributed by atoms with E-state index in [1.165, 1.54) is 12.4 Å². The van der Waals surface area contributed by atoms with Gasteiger partial charge in [-0.1, -0.05) is 0 Å². The average Bonchev–Trinajstić information content (AvgIpc) is 1.93. The van der Waals surface area contributed by atoms with Gasteiger partial charge in [-0.05, 0) is 6.07 Å². The van der Waals surface area contributed by atoms with E-state index in [4.69, 9.17) is 10.8 Å². The molecule has 0 atom stereocenters. The van der Waals surface area contributed by atoms with Crippen molar-refractivity contribution in [3.8, 4) is 5.75 Å². The van der Waals surface area contributed by atoms with E-state index in [0.717, 1.165) is 0 Å². The summed E-state index contributed by atoms with van der Waals surface area (Å²) in [5.74, 6) is -0.460. The minimum atomic E-state index is -0.466. The number of carbonyl (C=O) groups excluding carboxylic acids is 1. The van der Waals surface area contributed by atoms with E-state index in [1.54, 1.807) is 6.07 Å². The second-order valence-electron chi connectivity index (χ2n) is 2.15. The van der Waals surface area contributed by atoms with Crippen LogP contribution in [0.15, 0.2) is 18.5 Å². The highest BCUT2D eigenvalue weighted by Crippen LogP contribution is 2.13. The Labute approximate surface area is 63.7 Å². The highest BCUT2D eigenvalue weighted by atomic mass is 16.3. The summed E-state index contributed by atoms with van der Waals surface area (Å²) in [6.45, 7) is 0. The van der Waals surface area contributed by atoms with Gasteiger partial charge >= 0.3 is 0 Å². The second-order valence-corrected chi connectivity index (χ2v) is 2.15. The van der Waals surface area contributed by atoms with Gasteiger partial charge in [0.2, 0.25) is 5.91 Å². The van der Waals surface area contributed by atoms with Crippen molar-refractivity contribution < 1.29 is 9.90 Å². The molecule has 0 bridgehead atoms. The summed E-state index contributed by atoms with van der Waals surface area (Å²) in [4.78, 5) is 14.1. The lowest BCUT2D eigenvalue weighted by atomic mass is 10.2. The molecule has 1 aromatic heterocycles. The quantitative estimate of drug-likeness (QED) is 0.616. The van der Waals surface area contributed by atoms with Crippen molar-refractivity contribution in [3.63, 3.8) is 0 Å². The summed E-state index contributed by atoms with van der Waals surface area (Å²) in [6, 6.07) is 1.56. The predicted molar refractivity (Wildman–Crippen MR) is 38.8 cm³/mol. The number of carbonyl (C=O) groups is 1. The number of hydrogen-bond donors (Lipinski definition) is 2. The molecule has 0 radical (unpaired) electrons. The highest BCUT2D eigenvalue weighted by Gasteiger charge is 2.02. The van der Waals surface area contributed by atoms with Crippen LogP contribution in [-0.4, -0.2) is 16.0 Å². The molecule has 1 rings (SSSR count). The number of primary amides is 1. The molecule has 0 unspecified atom stereocenters. The fourth-order valence-corrected chi connectivity index (χ4v) is 0.752. The first-order chi connectivity index (χ1) is 5.20. The summed E-state index contributed by atoms with van der Waals surface area (Å²) >= 11 is 0. The van der Waals surface area contributed by atoms with Crippen molar-refractivity contribution in [2.45, 2.75) is 6.42 Å². The van der Waals surface area contributed by atoms with Gasteiger partial charge in [-0.3, -0.25) is 9.78 Å². The molecule has 58 valence electrons. The molecule has 0 fully saturated rings. The second kappa shape index (κ2) is 3.01. The Morgan fingerprint density at radius 1 is 1.73 bits per heavy atom. The molecule has 1 amide bonds. The first-order valence-corrected chi connectivity index (χ1v) is 3.10. The summed E-state index contributed by atoms with van der Waals surface area (Å²) in [5.41, 5.74) is 5.43. The first kappa shape index (κ1) is 7.53. The molecule has 0 saturated carbocycles. The molecule has 1 heterocycles. The Morgan fingerprint density at radius 3 is 3.00 bits per heavy atom. The molecule has 1 aromatic rings. The number of nitrogens with zero attached hydrogens (tertiary/aromatic N) is 1. The third-order valence-electron chi connectivity index (χ3n) is 1.25. The number of aromatic hydroxyl groups is 1. The molecule has 4 heteroatoms. The average molecular weight is 152 g/mol. The van der Waals surface area contributed by atoms with E-state index in [-0.39, 0.29) is 12.2 Å². The van der Waals surface area contributed by atoms with E-state index in [0.29, 0.717) is 5.56 Å². The number of rotatable bonds is 2. The Balaban J connectivity index is 2.86. The van der Waals surface area contributed by atoms with Gasteiger partial charge in [-0.25, -0.2) is 0 Å². The van der Waals surface area contributed by atoms with Crippen molar-refractivity contribution in [1.82, 2.24) is 4.98 Å². The van der Waals surface area contributed by atoms with E-state index < -0.39 is 5.91 Å². The normalized spacial score (nSPS) is 9.45. The summed E-state index contributed by atoms with van der Waals surface area (Å²) in [5, 5.41) is 9.09. The molecular weight excluding hydrogens is 144 g/mol. The lowest BCUT2D eigenvalue weighted by Crippen LogP contribution is -2.13. The maximum absolute atomic E-state index is 10.4. The largest absolute Gasteiger partial charge is 0.506 e. The molecule has 11 heavy (non-hydrogen) atoms. The zero-order valence-electron chi connectivity index (χ0n) is 5.82. The van der Waals surface area contributed by atoms with Crippen molar-refractivity contribution in [2.24, 2.45) is 5.73 Å². The lowest BCUT2D eigenvalue weighted by molar-refractivity contribution is -0.117. The van der Waals surface area contributed by atoms with Gasteiger partial charge < -0.3 is 10.8 Å². The SMILES string of the molecule is NC(=O)Cc1ccncc1O. The van der Waals surface area contributed by atoms with Crippen LogP contribution in [0, 0.1) is 0 Å². The van der Waals surface area contributed by atoms with E-state index in [2.05, 4.69) is 4.98 Å². The minimum absolute atomic E-state index is 0.00583. The van der Waals surface area contributed by atoms with Crippen molar-refractivity contribution in [2.75, 3.05) is 0 Å². The molecule has 0 spiro atoms. The van der Waals surface area contributed by atoms with Crippen LogP contribution in [0.1, 0.15) is 5.56 Å². The van der Waals surface area contributed by atoms with Crippen LogP contribution in [0.5, 0.6) is 5.75 Å². The Bertz CT molecular complexity index is 273. The summed E-state index contributed by atoms with van der Waals surface area (Å²) < 4.78 is 0. The van der Waals surface area contributed by atoms with Crippen LogP contribution in [0.3, 0.4) is 0 Å². The standard InChI is InChI=1S/C7H8N2O2/c8-7(11)3-5-1-2-9-4-6(5)10/h1-2,4,10H,3H2,(H2,8,11). The van der Waals surface area contributed by atoms with Crippen LogP contribution in [-0.2, 0) is 11.2 Å². The van der Waals surface area contributed by atoms with Gasteiger partial charge in [0.1, 0.15) is 5.75 Å². The van der Waals surface area contributed by atoms with Crippen LogP contribution in [0.25, 0.3) is 0 Å². The molecule has 3 N–H and O–H groups in total. The Morgan fingerprint density at radius 2 is 2.45 bits per heavy atom. The summed E-state index contributed by atoms with van der Waals surface area (Å²) in [6.07, 6.45) is 2.82. The van der Waals surface area contributed by atoms with Crippen LogP contribution in [0.4, 0.5) is 0 Å². The predicted octanol–water partition coefficient (Wildman–Crippen LogP) is -0.185. The molecule has 0 aliphatic heterocycles. The zero-order valence-corrected chi connectivity index (χ0v) is 5.82. The van der Waals surface area contributed by atoms with Crippen LogP contribution >= 0.6 is 0 Å². The van der Waals surface area contributed by atoms with Gasteiger partial charge in [0.05, 0.1) is 12.6 Å². The monoisotopic (exact) mass is 152 g/mol. The molecule has 0 aromatic carbocycles. The fraction of sp³-hybridized carbons (Fsp3) is 0.143. The Kier molecular flexibility index (Phi) is 2.06. The zero-order chi connectivity index (χ0) is 8.27. The molecule has 0 aliphatic carbocycles. The van der Waals surface area contributed by atoms with Gasteiger partial charge in [-0.2, -0.15) is 0 Å². The number of nitrogens with two attached hydrogens (primary N) is 1. The topological polar surface area (TPSA) is 76.2 Å². The fourth-order valence-electron chi connectivity index (χ4n) is 0.752. The molecule has 4 nitrogen and oxygen atoms in total. The maximum atomic E-state index is 10.4. The molecular formula is C7H8N2O2. The smallest absolute Gasteiger partial charge is 0.221 e. The summed E-state index contributed by atoms with van der Waals surface area (Å²) in [7, 11) is 0. The molecule has 0 aliphatic rings. The maximum Gasteiger partial charge on any atom is 0.221 e. The van der Waals surface area contributed by atoms with Crippen molar-refractivity contribution >= 4 is 5.91 Å². The van der Waals surface area contributed by atoms with Gasteiger partial charge in [0.15, 0.2) is 0 Å². The first-order valence-electron chi connectivity index (χ1n) is 3.10. The Hall–Kier alpha value is -1.58. The van der Waals surface area contributed by atoms with E-state index in [1.807, 2.05) is 0 Å². The van der Waals surface area contributed by atoms with E-state index >= 15 is 0 Å². The van der Waals surface area contributed by atoms with Crippen molar-refractivity contribution in [3.05, 3.63) is 24.0 Å².